The molecule has 1 aromatic rings. The third-order valence-corrected chi connectivity index (χ3v) is 3.74. The molecule has 1 heterocycles. The van der Waals surface area contributed by atoms with Gasteiger partial charge in [-0.15, -0.1) is 0 Å². The van der Waals surface area contributed by atoms with Gasteiger partial charge in [0.25, 0.3) is 0 Å². The van der Waals surface area contributed by atoms with Gasteiger partial charge in [0, 0.05) is 19.6 Å². The topological polar surface area (TPSA) is 43.8 Å². The van der Waals surface area contributed by atoms with Gasteiger partial charge >= 0.3 is 0 Å². The summed E-state index contributed by atoms with van der Waals surface area (Å²) >= 11 is 0. The van der Waals surface area contributed by atoms with Gasteiger partial charge in [0.1, 0.15) is 0 Å². The molecule has 1 saturated heterocycles. The predicted molar refractivity (Wildman–Crippen MR) is 74.6 cm³/mol. The van der Waals surface area contributed by atoms with E-state index in [1.807, 2.05) is 37.4 Å². The van der Waals surface area contributed by atoms with Crippen molar-refractivity contribution in [3.05, 3.63) is 35.9 Å². The Hall–Kier alpha value is -1.39. The first-order valence-electron chi connectivity index (χ1n) is 6.83. The van der Waals surface area contributed by atoms with E-state index in [0.717, 1.165) is 24.9 Å². The molecule has 0 aromatic heterocycles. The smallest absolute Gasteiger partial charge is 0.236 e. The summed E-state index contributed by atoms with van der Waals surface area (Å²) < 4.78 is 0. The number of nitrogens with zero attached hydrogens (tertiary/aromatic N) is 2. The predicted octanol–water partition coefficient (Wildman–Crippen LogP) is 1.10. The second kappa shape index (κ2) is 6.68. The molecule has 1 atom stereocenters. The van der Waals surface area contributed by atoms with E-state index in [1.165, 1.54) is 0 Å². The van der Waals surface area contributed by atoms with Gasteiger partial charge in [-0.2, -0.15) is 0 Å². The zero-order valence-corrected chi connectivity index (χ0v) is 11.5. The molecule has 0 radical (unpaired) electrons. The molecule has 2 rings (SSSR count). The van der Waals surface area contributed by atoms with Crippen LogP contribution in [-0.4, -0.2) is 53.6 Å². The molecule has 1 N–H and O–H groups in total. The number of benzene rings is 1. The summed E-state index contributed by atoms with van der Waals surface area (Å²) in [5.74, 6) is 0.115. The highest BCUT2D eigenvalue weighted by molar-refractivity contribution is 5.78. The SMILES string of the molecule is CN(Cc1ccccc1)C(=O)CN1CCCC1CO. The summed E-state index contributed by atoms with van der Waals surface area (Å²) in [5.41, 5.74) is 1.14. The van der Waals surface area contributed by atoms with Crippen molar-refractivity contribution in [1.29, 1.82) is 0 Å². The van der Waals surface area contributed by atoms with E-state index in [0.29, 0.717) is 13.1 Å². The Bertz CT molecular complexity index is 408. The first kappa shape index (κ1) is 14.0. The molecule has 0 spiro atoms. The molecular formula is C15H22N2O2. The van der Waals surface area contributed by atoms with Crippen LogP contribution in [0.1, 0.15) is 18.4 Å². The summed E-state index contributed by atoms with van der Waals surface area (Å²) in [6.07, 6.45) is 2.06. The number of amides is 1. The Labute approximate surface area is 114 Å². The van der Waals surface area contributed by atoms with E-state index >= 15 is 0 Å². The average Bonchev–Trinajstić information content (AvgIpc) is 2.87. The third kappa shape index (κ3) is 3.78. The summed E-state index contributed by atoms with van der Waals surface area (Å²) in [6.45, 7) is 2.11. The fraction of sp³-hybridized carbons (Fsp3) is 0.533. The molecule has 0 aliphatic carbocycles. The van der Waals surface area contributed by atoms with Crippen molar-refractivity contribution >= 4 is 5.91 Å². The van der Waals surface area contributed by atoms with Gasteiger partial charge in [0.05, 0.1) is 13.2 Å². The van der Waals surface area contributed by atoms with Crippen LogP contribution in [0.4, 0.5) is 0 Å². The van der Waals surface area contributed by atoms with Gasteiger partial charge < -0.3 is 10.0 Å². The van der Waals surface area contributed by atoms with Gasteiger partial charge in [-0.3, -0.25) is 9.69 Å². The summed E-state index contributed by atoms with van der Waals surface area (Å²) in [5, 5.41) is 9.26. The van der Waals surface area contributed by atoms with Crippen LogP contribution in [-0.2, 0) is 11.3 Å². The number of likely N-dealkylation sites (N-methyl/N-ethyl adjacent to an activating group) is 1. The highest BCUT2D eigenvalue weighted by Gasteiger charge is 2.26. The molecule has 4 heteroatoms. The van der Waals surface area contributed by atoms with E-state index in [9.17, 15) is 9.90 Å². The lowest BCUT2D eigenvalue weighted by Crippen LogP contribution is -2.41. The van der Waals surface area contributed by atoms with Crippen LogP contribution < -0.4 is 0 Å². The van der Waals surface area contributed by atoms with Crippen LogP contribution in [0.25, 0.3) is 0 Å². The van der Waals surface area contributed by atoms with Crippen molar-refractivity contribution in [1.82, 2.24) is 9.80 Å². The molecule has 1 fully saturated rings. The molecule has 4 nitrogen and oxygen atoms in total. The van der Waals surface area contributed by atoms with E-state index < -0.39 is 0 Å². The molecule has 1 aromatic carbocycles. The Morgan fingerprint density at radius 1 is 1.42 bits per heavy atom. The number of aliphatic hydroxyl groups is 1. The number of hydrogen-bond donors (Lipinski definition) is 1. The average molecular weight is 262 g/mol. The van der Waals surface area contributed by atoms with Gasteiger partial charge in [0.2, 0.25) is 5.91 Å². The van der Waals surface area contributed by atoms with Crippen molar-refractivity contribution in [2.45, 2.75) is 25.4 Å². The van der Waals surface area contributed by atoms with Crippen LogP contribution in [0, 0.1) is 0 Å². The van der Waals surface area contributed by atoms with E-state index in [1.54, 1.807) is 4.90 Å². The second-order valence-electron chi connectivity index (χ2n) is 5.18. The zero-order chi connectivity index (χ0) is 13.7. The minimum Gasteiger partial charge on any atom is -0.395 e. The van der Waals surface area contributed by atoms with Crippen LogP contribution in [0.5, 0.6) is 0 Å². The summed E-state index contributed by atoms with van der Waals surface area (Å²) in [4.78, 5) is 16.0. The fourth-order valence-corrected chi connectivity index (χ4v) is 2.55. The molecule has 1 aliphatic heterocycles. The fourth-order valence-electron chi connectivity index (χ4n) is 2.55. The lowest BCUT2D eigenvalue weighted by Gasteiger charge is -2.25. The number of carbonyl (C=O) groups is 1. The van der Waals surface area contributed by atoms with Crippen LogP contribution in [0.15, 0.2) is 30.3 Å². The molecule has 0 saturated carbocycles. The van der Waals surface area contributed by atoms with E-state index in [2.05, 4.69) is 4.90 Å². The number of likely N-dealkylation sites (tertiary alicyclic amines) is 1. The van der Waals surface area contributed by atoms with Crippen molar-refractivity contribution in [2.75, 3.05) is 26.7 Å². The lowest BCUT2D eigenvalue weighted by molar-refractivity contribution is -0.132. The molecule has 1 unspecified atom stereocenters. The Morgan fingerprint density at radius 3 is 2.84 bits per heavy atom. The standard InChI is InChI=1S/C15H22N2O2/c1-16(10-13-6-3-2-4-7-13)15(19)11-17-9-5-8-14(17)12-18/h2-4,6-7,14,18H,5,8-12H2,1H3. The molecule has 19 heavy (non-hydrogen) atoms. The van der Waals surface area contributed by atoms with E-state index in [4.69, 9.17) is 0 Å². The first-order valence-corrected chi connectivity index (χ1v) is 6.83. The number of aliphatic hydroxyl groups excluding tert-OH is 1. The monoisotopic (exact) mass is 262 g/mol. The van der Waals surface area contributed by atoms with E-state index in [-0.39, 0.29) is 18.6 Å². The second-order valence-corrected chi connectivity index (χ2v) is 5.18. The zero-order valence-electron chi connectivity index (χ0n) is 11.5. The highest BCUT2D eigenvalue weighted by atomic mass is 16.3. The van der Waals surface area contributed by atoms with Crippen molar-refractivity contribution in [3.8, 4) is 0 Å². The van der Waals surface area contributed by atoms with Gasteiger partial charge in [-0.05, 0) is 24.9 Å². The highest BCUT2D eigenvalue weighted by Crippen LogP contribution is 2.16. The van der Waals surface area contributed by atoms with Crippen molar-refractivity contribution < 1.29 is 9.90 Å². The maximum Gasteiger partial charge on any atom is 0.236 e. The Morgan fingerprint density at radius 2 is 2.16 bits per heavy atom. The van der Waals surface area contributed by atoms with Crippen LogP contribution >= 0.6 is 0 Å². The molecule has 0 bridgehead atoms. The number of hydrogen-bond acceptors (Lipinski definition) is 3. The number of carbonyl (C=O) groups excluding carboxylic acids is 1. The first-order chi connectivity index (χ1) is 9.20. The minimum absolute atomic E-state index is 0.115. The van der Waals surface area contributed by atoms with Crippen LogP contribution in [0.3, 0.4) is 0 Å². The molecule has 1 aliphatic rings. The summed E-state index contributed by atoms with van der Waals surface area (Å²) in [7, 11) is 1.83. The Kier molecular flexibility index (Phi) is 4.93. The minimum atomic E-state index is 0.115. The van der Waals surface area contributed by atoms with Gasteiger partial charge in [-0.1, -0.05) is 30.3 Å². The normalized spacial score (nSPS) is 19.6. The molecule has 1 amide bonds. The number of rotatable bonds is 5. The lowest BCUT2D eigenvalue weighted by atomic mass is 10.2. The summed E-state index contributed by atoms with van der Waals surface area (Å²) in [6, 6.07) is 10.1. The quantitative estimate of drug-likeness (QED) is 0.864. The molecular weight excluding hydrogens is 240 g/mol. The Balaban J connectivity index is 1.85. The third-order valence-electron chi connectivity index (χ3n) is 3.74. The van der Waals surface area contributed by atoms with Gasteiger partial charge in [0.15, 0.2) is 0 Å². The molecule has 104 valence electrons. The maximum atomic E-state index is 12.2. The largest absolute Gasteiger partial charge is 0.395 e. The maximum absolute atomic E-state index is 12.2. The van der Waals surface area contributed by atoms with Gasteiger partial charge in [-0.25, -0.2) is 0 Å². The van der Waals surface area contributed by atoms with Crippen molar-refractivity contribution in [2.24, 2.45) is 0 Å². The van der Waals surface area contributed by atoms with Crippen molar-refractivity contribution in [3.63, 3.8) is 0 Å². The van der Waals surface area contributed by atoms with Crippen LogP contribution in [0.2, 0.25) is 0 Å².